The topological polar surface area (TPSA) is 53.2 Å². The zero-order valence-electron chi connectivity index (χ0n) is 12.5. The number of aromatic amines is 1. The molecular formula is C17H17FN2O2S. The van der Waals surface area contributed by atoms with Gasteiger partial charge in [-0.2, -0.15) is 11.8 Å². The van der Waals surface area contributed by atoms with Crippen molar-refractivity contribution in [2.75, 3.05) is 18.8 Å². The lowest BCUT2D eigenvalue weighted by atomic mass is 10.1. The van der Waals surface area contributed by atoms with Crippen molar-refractivity contribution in [1.29, 1.82) is 0 Å². The number of nitrogens with one attached hydrogen (secondary N) is 1. The van der Waals surface area contributed by atoms with Gasteiger partial charge >= 0.3 is 0 Å². The highest BCUT2D eigenvalue weighted by atomic mass is 32.2. The third-order valence-electron chi connectivity index (χ3n) is 3.90. The van der Waals surface area contributed by atoms with Crippen LogP contribution in [0.1, 0.15) is 27.6 Å². The van der Waals surface area contributed by atoms with Crippen LogP contribution in [0.25, 0.3) is 0 Å². The van der Waals surface area contributed by atoms with Crippen molar-refractivity contribution in [2.24, 2.45) is 0 Å². The third kappa shape index (κ3) is 3.64. The van der Waals surface area contributed by atoms with E-state index in [1.165, 1.54) is 18.3 Å². The van der Waals surface area contributed by atoms with Crippen LogP contribution in [0.4, 0.5) is 4.39 Å². The van der Waals surface area contributed by atoms with Gasteiger partial charge in [0.05, 0.1) is 0 Å². The summed E-state index contributed by atoms with van der Waals surface area (Å²) in [7, 11) is 0. The summed E-state index contributed by atoms with van der Waals surface area (Å²) in [6.45, 7) is 1.15. The monoisotopic (exact) mass is 332 g/mol. The van der Waals surface area contributed by atoms with Crippen LogP contribution in [0.3, 0.4) is 0 Å². The maximum absolute atomic E-state index is 13.9. The van der Waals surface area contributed by atoms with Crippen LogP contribution in [-0.4, -0.2) is 34.6 Å². The van der Waals surface area contributed by atoms with Gasteiger partial charge in [-0.15, -0.1) is 0 Å². The van der Waals surface area contributed by atoms with Crippen molar-refractivity contribution in [3.8, 4) is 0 Å². The average molecular weight is 332 g/mol. The fourth-order valence-corrected chi connectivity index (χ4v) is 3.97. The maximum Gasteiger partial charge on any atom is 0.254 e. The van der Waals surface area contributed by atoms with E-state index in [-0.39, 0.29) is 22.5 Å². The molecule has 1 aliphatic heterocycles. The molecule has 6 heteroatoms. The minimum absolute atomic E-state index is 0.0492. The average Bonchev–Trinajstić information content (AvgIpc) is 2.80. The Kier molecular flexibility index (Phi) is 4.81. The van der Waals surface area contributed by atoms with Gasteiger partial charge in [-0.3, -0.25) is 9.59 Å². The Bertz CT molecular complexity index is 762. The van der Waals surface area contributed by atoms with Gasteiger partial charge < -0.3 is 9.88 Å². The molecule has 1 aliphatic rings. The lowest BCUT2D eigenvalue weighted by Gasteiger charge is -2.20. The van der Waals surface area contributed by atoms with Crippen LogP contribution in [0.15, 0.2) is 47.4 Å². The first-order chi connectivity index (χ1) is 11.1. The van der Waals surface area contributed by atoms with Crippen LogP contribution >= 0.6 is 11.8 Å². The number of carbonyl (C=O) groups is 1. The molecule has 3 rings (SSSR count). The molecule has 120 valence electrons. The number of aromatic nitrogens is 1. The lowest BCUT2D eigenvalue weighted by molar-refractivity contribution is 0.0766. The van der Waals surface area contributed by atoms with E-state index in [1.807, 2.05) is 6.07 Å². The van der Waals surface area contributed by atoms with E-state index in [4.69, 9.17) is 0 Å². The Morgan fingerprint density at radius 3 is 2.87 bits per heavy atom. The molecule has 23 heavy (non-hydrogen) atoms. The van der Waals surface area contributed by atoms with E-state index >= 15 is 0 Å². The van der Waals surface area contributed by atoms with E-state index in [9.17, 15) is 14.0 Å². The SMILES string of the molecule is O=C(c1cc[nH]c(=O)c1)N1CCSC(c2ccccc2F)CC1. The van der Waals surface area contributed by atoms with Crippen LogP contribution in [0, 0.1) is 5.82 Å². The highest BCUT2D eigenvalue weighted by Gasteiger charge is 2.24. The Labute approximate surface area is 137 Å². The standard InChI is InChI=1S/C17H17FN2O2S/c18-14-4-2-1-3-13(14)15-6-8-20(9-10-23-15)17(22)12-5-7-19-16(21)11-12/h1-5,7,11,15H,6,8-10H2,(H,19,21). The van der Waals surface area contributed by atoms with Crippen molar-refractivity contribution >= 4 is 17.7 Å². The molecule has 0 aliphatic carbocycles. The summed E-state index contributed by atoms with van der Waals surface area (Å²) in [4.78, 5) is 28.1. The maximum atomic E-state index is 13.9. The fourth-order valence-electron chi connectivity index (χ4n) is 2.72. The van der Waals surface area contributed by atoms with E-state index < -0.39 is 0 Å². The first kappa shape index (κ1) is 15.8. The van der Waals surface area contributed by atoms with Crippen molar-refractivity contribution in [3.05, 3.63) is 69.9 Å². The summed E-state index contributed by atoms with van der Waals surface area (Å²) in [5.74, 6) is 0.402. The fraction of sp³-hybridized carbons (Fsp3) is 0.294. The number of thioether (sulfide) groups is 1. The zero-order chi connectivity index (χ0) is 16.2. The molecule has 0 radical (unpaired) electrons. The number of amides is 1. The molecule has 1 N–H and O–H groups in total. The minimum Gasteiger partial charge on any atom is -0.338 e. The molecule has 1 amide bonds. The van der Waals surface area contributed by atoms with Crippen molar-refractivity contribution < 1.29 is 9.18 Å². The van der Waals surface area contributed by atoms with Gasteiger partial charge in [0.15, 0.2) is 0 Å². The Balaban J connectivity index is 1.72. The number of halogens is 1. The van der Waals surface area contributed by atoms with E-state index in [0.29, 0.717) is 30.6 Å². The van der Waals surface area contributed by atoms with Crippen LogP contribution < -0.4 is 5.56 Å². The van der Waals surface area contributed by atoms with E-state index in [0.717, 1.165) is 5.75 Å². The van der Waals surface area contributed by atoms with Gasteiger partial charge in [-0.25, -0.2) is 4.39 Å². The van der Waals surface area contributed by atoms with Crippen LogP contribution in [0.5, 0.6) is 0 Å². The molecule has 1 atom stereocenters. The van der Waals surface area contributed by atoms with E-state index in [2.05, 4.69) is 4.98 Å². The summed E-state index contributed by atoms with van der Waals surface area (Å²) in [6.07, 6.45) is 2.17. The highest BCUT2D eigenvalue weighted by Crippen LogP contribution is 2.35. The molecular weight excluding hydrogens is 315 g/mol. The number of rotatable bonds is 2. The molecule has 2 aromatic rings. The van der Waals surface area contributed by atoms with Gasteiger partial charge in [0.1, 0.15) is 5.82 Å². The van der Waals surface area contributed by atoms with Gasteiger partial charge in [0, 0.05) is 47.5 Å². The molecule has 1 aromatic heterocycles. The Morgan fingerprint density at radius 1 is 1.26 bits per heavy atom. The lowest BCUT2D eigenvalue weighted by Crippen LogP contribution is -2.33. The van der Waals surface area contributed by atoms with Gasteiger partial charge in [0.2, 0.25) is 5.56 Å². The highest BCUT2D eigenvalue weighted by molar-refractivity contribution is 7.99. The number of carbonyl (C=O) groups excluding carboxylic acids is 1. The molecule has 0 saturated carbocycles. The first-order valence-corrected chi connectivity index (χ1v) is 8.54. The molecule has 0 spiro atoms. The first-order valence-electron chi connectivity index (χ1n) is 7.49. The predicted octanol–water partition coefficient (Wildman–Crippen LogP) is 2.83. The Morgan fingerprint density at radius 2 is 2.09 bits per heavy atom. The van der Waals surface area contributed by atoms with Gasteiger partial charge in [0.25, 0.3) is 5.91 Å². The molecule has 4 nitrogen and oxygen atoms in total. The smallest absolute Gasteiger partial charge is 0.254 e. The van der Waals surface area contributed by atoms with Crippen molar-refractivity contribution in [3.63, 3.8) is 0 Å². The molecule has 1 aromatic carbocycles. The van der Waals surface area contributed by atoms with Crippen molar-refractivity contribution in [2.45, 2.75) is 11.7 Å². The summed E-state index contributed by atoms with van der Waals surface area (Å²) < 4.78 is 13.9. The van der Waals surface area contributed by atoms with Gasteiger partial charge in [-0.05, 0) is 18.6 Å². The van der Waals surface area contributed by atoms with Crippen LogP contribution in [-0.2, 0) is 0 Å². The summed E-state index contributed by atoms with van der Waals surface area (Å²) in [5.41, 5.74) is 0.801. The number of hydrogen-bond acceptors (Lipinski definition) is 3. The summed E-state index contributed by atoms with van der Waals surface area (Å²) in [6, 6.07) is 9.72. The summed E-state index contributed by atoms with van der Waals surface area (Å²) >= 11 is 1.67. The number of pyridine rings is 1. The predicted molar refractivity (Wildman–Crippen MR) is 89.2 cm³/mol. The largest absolute Gasteiger partial charge is 0.338 e. The number of H-pyrrole nitrogens is 1. The van der Waals surface area contributed by atoms with Gasteiger partial charge in [-0.1, -0.05) is 18.2 Å². The molecule has 1 saturated heterocycles. The molecule has 1 unspecified atom stereocenters. The Hall–Kier alpha value is -2.08. The molecule has 2 heterocycles. The second-order valence-electron chi connectivity index (χ2n) is 5.40. The summed E-state index contributed by atoms with van der Waals surface area (Å²) in [5, 5.41) is 0.0492. The second-order valence-corrected chi connectivity index (χ2v) is 6.71. The van der Waals surface area contributed by atoms with E-state index in [1.54, 1.807) is 34.9 Å². The normalized spacial score (nSPS) is 18.5. The number of hydrogen-bond donors (Lipinski definition) is 1. The zero-order valence-corrected chi connectivity index (χ0v) is 13.3. The quantitative estimate of drug-likeness (QED) is 0.920. The number of nitrogens with zero attached hydrogens (tertiary/aromatic N) is 1. The molecule has 0 bridgehead atoms. The van der Waals surface area contributed by atoms with Crippen LogP contribution in [0.2, 0.25) is 0 Å². The van der Waals surface area contributed by atoms with Crippen molar-refractivity contribution in [1.82, 2.24) is 9.88 Å². The minimum atomic E-state index is -0.288. The second kappa shape index (κ2) is 7.00. The molecule has 1 fully saturated rings. The third-order valence-corrected chi connectivity index (χ3v) is 5.21. The number of benzene rings is 1.